The highest BCUT2D eigenvalue weighted by molar-refractivity contribution is 5.93. The fraction of sp³-hybridized carbons (Fsp3) is 0.730. The number of fused-ring (bicyclic) bond motifs is 3. The highest BCUT2D eigenvalue weighted by Crippen LogP contribution is 2.69. The smallest absolute Gasteiger partial charge is 0.303 e. The maximum absolute atomic E-state index is 14.9. The van der Waals surface area contributed by atoms with Gasteiger partial charge in [0.25, 0.3) is 0 Å². The van der Waals surface area contributed by atoms with E-state index in [2.05, 4.69) is 52.0 Å². The van der Waals surface area contributed by atoms with E-state index in [0.717, 1.165) is 19.3 Å². The zero-order chi connectivity index (χ0) is 33.7. The second-order valence-corrected chi connectivity index (χ2v) is 15.0. The van der Waals surface area contributed by atoms with Crippen LogP contribution in [0.15, 0.2) is 24.3 Å². The minimum absolute atomic E-state index is 0.0150. The molecule has 8 nitrogen and oxygen atoms in total. The summed E-state index contributed by atoms with van der Waals surface area (Å²) in [6, 6.07) is 8.41. The number of carbonyl (C=O) groups is 4. The first-order chi connectivity index (χ1) is 20.9. The number of benzene rings is 1. The first-order valence-electron chi connectivity index (χ1n) is 16.7. The van der Waals surface area contributed by atoms with E-state index in [9.17, 15) is 24.3 Å². The maximum atomic E-state index is 14.9. The zero-order valence-electron chi connectivity index (χ0n) is 28.9. The number of esters is 3. The summed E-state index contributed by atoms with van der Waals surface area (Å²) < 4.78 is 17.7. The molecule has 1 aromatic rings. The summed E-state index contributed by atoms with van der Waals surface area (Å²) in [5.74, 6) is -2.52. The summed E-state index contributed by atoms with van der Waals surface area (Å²) in [6.45, 7) is 17.7. The average molecular weight is 627 g/mol. The Kier molecular flexibility index (Phi) is 9.72. The number of ether oxygens (including phenoxy) is 3. The van der Waals surface area contributed by atoms with Crippen LogP contribution in [0, 0.1) is 34.0 Å². The van der Waals surface area contributed by atoms with Crippen LogP contribution in [0.5, 0.6) is 0 Å². The molecule has 8 heteroatoms. The van der Waals surface area contributed by atoms with Gasteiger partial charge in [-0.1, -0.05) is 58.9 Å². The van der Waals surface area contributed by atoms with Crippen LogP contribution in [0.3, 0.4) is 0 Å². The molecule has 250 valence electrons. The molecule has 3 saturated carbocycles. The van der Waals surface area contributed by atoms with E-state index in [1.807, 2.05) is 6.92 Å². The van der Waals surface area contributed by atoms with Crippen molar-refractivity contribution in [1.29, 1.82) is 0 Å². The maximum Gasteiger partial charge on any atom is 0.303 e. The van der Waals surface area contributed by atoms with Crippen molar-refractivity contribution in [2.45, 2.75) is 138 Å². The number of Topliss-reactive ketones (excluding diaryl/α,β-unsaturated/α-hetero) is 1. The van der Waals surface area contributed by atoms with Crippen molar-refractivity contribution >= 4 is 23.7 Å². The Labute approximate surface area is 269 Å². The Morgan fingerprint density at radius 1 is 0.956 bits per heavy atom. The van der Waals surface area contributed by atoms with Gasteiger partial charge in [0.05, 0.1) is 5.60 Å². The third-order valence-electron chi connectivity index (χ3n) is 12.3. The molecule has 0 aromatic heterocycles. The predicted molar refractivity (Wildman–Crippen MR) is 170 cm³/mol. The lowest BCUT2D eigenvalue weighted by atomic mass is 9.37. The van der Waals surface area contributed by atoms with Gasteiger partial charge in [-0.2, -0.15) is 0 Å². The summed E-state index contributed by atoms with van der Waals surface area (Å²) in [4.78, 5) is 52.5. The number of hydrogen-bond acceptors (Lipinski definition) is 8. The SMILES string of the molecule is CCc1ccccc1C(C)CC1(O)C(C)CCC2(C)C3C(OC(C)=O)C(OC(C)=O)C(C)(C(C)OC(C)=O)C(=O)C3(C)CCC21. The average Bonchev–Trinajstić information content (AvgIpc) is 2.95. The van der Waals surface area contributed by atoms with Crippen molar-refractivity contribution in [3.63, 3.8) is 0 Å². The van der Waals surface area contributed by atoms with Gasteiger partial charge in [-0.3, -0.25) is 19.2 Å². The van der Waals surface area contributed by atoms with Crippen LogP contribution in [0.1, 0.15) is 118 Å². The number of aryl methyl sites for hydroxylation is 1. The summed E-state index contributed by atoms with van der Waals surface area (Å²) in [6.07, 6.45) is 0.877. The monoisotopic (exact) mass is 626 g/mol. The number of hydrogen-bond donors (Lipinski definition) is 1. The molecular formula is C37H54O8. The molecule has 4 rings (SSSR count). The lowest BCUT2D eigenvalue weighted by molar-refractivity contribution is -0.267. The molecule has 3 fully saturated rings. The minimum atomic E-state index is -1.47. The molecule has 0 aliphatic heterocycles. The summed E-state index contributed by atoms with van der Waals surface area (Å²) in [7, 11) is 0. The lowest BCUT2D eigenvalue weighted by Gasteiger charge is -2.68. The molecule has 45 heavy (non-hydrogen) atoms. The first-order valence-corrected chi connectivity index (χ1v) is 16.7. The Morgan fingerprint density at radius 2 is 1.58 bits per heavy atom. The van der Waals surface area contributed by atoms with E-state index in [0.29, 0.717) is 19.3 Å². The highest BCUT2D eigenvalue weighted by Gasteiger charge is 2.74. The van der Waals surface area contributed by atoms with E-state index in [1.165, 1.54) is 31.9 Å². The van der Waals surface area contributed by atoms with Gasteiger partial charge in [0.1, 0.15) is 17.6 Å². The molecule has 3 aliphatic carbocycles. The van der Waals surface area contributed by atoms with Crippen LogP contribution in [-0.4, -0.2) is 52.7 Å². The normalized spacial score (nSPS) is 39.1. The third kappa shape index (κ3) is 5.74. The van der Waals surface area contributed by atoms with Crippen molar-refractivity contribution in [3.05, 3.63) is 35.4 Å². The number of aliphatic hydroxyl groups is 1. The molecule has 1 N–H and O–H groups in total. The Hall–Kier alpha value is -2.74. The molecule has 0 radical (unpaired) electrons. The Morgan fingerprint density at radius 3 is 2.16 bits per heavy atom. The van der Waals surface area contributed by atoms with E-state index in [4.69, 9.17) is 14.2 Å². The molecule has 0 amide bonds. The van der Waals surface area contributed by atoms with Gasteiger partial charge in [0.15, 0.2) is 11.9 Å². The van der Waals surface area contributed by atoms with Gasteiger partial charge in [0, 0.05) is 32.1 Å². The van der Waals surface area contributed by atoms with Crippen molar-refractivity contribution < 1.29 is 38.5 Å². The number of rotatable bonds is 8. The standard InChI is InChI=1S/C37H54O8/c1-11-27-14-12-13-15-28(27)21(2)20-37(42)22(3)16-18-34(8)29(37)17-19-35(9)31(34)30(44-25(6)39)32(45-26(7)40)36(10,33(35)41)23(4)43-24(5)38/h12-15,21-23,29-32,42H,11,16-20H2,1-10H3. The van der Waals surface area contributed by atoms with Gasteiger partial charge in [0.2, 0.25) is 0 Å². The van der Waals surface area contributed by atoms with E-state index in [-0.39, 0.29) is 23.5 Å². The summed E-state index contributed by atoms with van der Waals surface area (Å²) >= 11 is 0. The van der Waals surface area contributed by atoms with Crippen LogP contribution in [0.2, 0.25) is 0 Å². The zero-order valence-corrected chi connectivity index (χ0v) is 28.9. The predicted octanol–water partition coefficient (Wildman–Crippen LogP) is 6.35. The third-order valence-corrected chi connectivity index (χ3v) is 12.3. The fourth-order valence-electron chi connectivity index (χ4n) is 10.2. The van der Waals surface area contributed by atoms with Crippen LogP contribution >= 0.6 is 0 Å². The molecule has 0 bridgehead atoms. The fourth-order valence-corrected chi connectivity index (χ4v) is 10.2. The quantitative estimate of drug-likeness (QED) is 0.262. The molecule has 0 saturated heterocycles. The topological polar surface area (TPSA) is 116 Å². The van der Waals surface area contributed by atoms with E-state index in [1.54, 1.807) is 13.8 Å². The summed E-state index contributed by atoms with van der Waals surface area (Å²) in [5, 5.41) is 12.9. The van der Waals surface area contributed by atoms with Crippen molar-refractivity contribution in [2.24, 2.45) is 34.0 Å². The van der Waals surface area contributed by atoms with Crippen LogP contribution in [-0.2, 0) is 39.8 Å². The molecule has 3 aliphatic rings. The molecule has 1 aromatic carbocycles. The molecule has 0 spiro atoms. The van der Waals surface area contributed by atoms with Crippen LogP contribution in [0.4, 0.5) is 0 Å². The van der Waals surface area contributed by atoms with Crippen LogP contribution < -0.4 is 0 Å². The van der Waals surface area contributed by atoms with Gasteiger partial charge in [-0.05, 0) is 86.7 Å². The molecule has 11 atom stereocenters. The second kappa shape index (κ2) is 12.5. The first kappa shape index (κ1) is 35.1. The van der Waals surface area contributed by atoms with E-state index >= 15 is 0 Å². The lowest BCUT2D eigenvalue weighted by Crippen LogP contribution is -2.74. The summed E-state index contributed by atoms with van der Waals surface area (Å²) in [5.41, 5.74) is -1.62. The van der Waals surface area contributed by atoms with Crippen molar-refractivity contribution in [2.75, 3.05) is 0 Å². The molecule has 11 unspecified atom stereocenters. The van der Waals surface area contributed by atoms with Crippen molar-refractivity contribution in [1.82, 2.24) is 0 Å². The molecule has 0 heterocycles. The van der Waals surface area contributed by atoms with Gasteiger partial charge in [-0.15, -0.1) is 0 Å². The number of ketones is 1. The van der Waals surface area contributed by atoms with Gasteiger partial charge >= 0.3 is 17.9 Å². The van der Waals surface area contributed by atoms with Gasteiger partial charge in [-0.25, -0.2) is 0 Å². The largest absolute Gasteiger partial charge is 0.462 e. The Bertz CT molecular complexity index is 1320. The van der Waals surface area contributed by atoms with Gasteiger partial charge < -0.3 is 19.3 Å². The van der Waals surface area contributed by atoms with Crippen LogP contribution in [0.25, 0.3) is 0 Å². The molecular weight excluding hydrogens is 572 g/mol. The minimum Gasteiger partial charge on any atom is -0.462 e. The van der Waals surface area contributed by atoms with E-state index < -0.39 is 64.0 Å². The van der Waals surface area contributed by atoms with Crippen molar-refractivity contribution in [3.8, 4) is 0 Å². The second-order valence-electron chi connectivity index (χ2n) is 15.0. The Balaban J connectivity index is 1.86. The highest BCUT2D eigenvalue weighted by atomic mass is 16.6. The number of carbonyl (C=O) groups excluding carboxylic acids is 4.